The zero-order valence-electron chi connectivity index (χ0n) is 21.1. The molecule has 0 radical (unpaired) electrons. The SMILES string of the molecule is CN(C)CCn1nnnc1SC1CCN(C(=O)Oc2ccc(-n3c(O)c4c(c3O)CCCC4)cn2)CC1. The van der Waals surface area contributed by atoms with Crippen LogP contribution < -0.4 is 4.74 Å². The predicted molar refractivity (Wildman–Crippen MR) is 136 cm³/mol. The summed E-state index contributed by atoms with van der Waals surface area (Å²) < 4.78 is 8.71. The smallest absolute Gasteiger partial charge is 0.416 e. The van der Waals surface area contributed by atoms with Gasteiger partial charge >= 0.3 is 6.09 Å². The summed E-state index contributed by atoms with van der Waals surface area (Å²) in [4.78, 5) is 20.7. The highest BCUT2D eigenvalue weighted by Crippen LogP contribution is 2.40. The number of fused-ring (bicyclic) bond motifs is 1. The summed E-state index contributed by atoms with van der Waals surface area (Å²) in [5, 5.41) is 34.4. The van der Waals surface area contributed by atoms with Crippen LogP contribution in [0.3, 0.4) is 0 Å². The average Bonchev–Trinajstić information content (AvgIpc) is 3.45. The second-order valence-corrected chi connectivity index (χ2v) is 10.9. The molecule has 5 rings (SSSR count). The Morgan fingerprint density at radius 1 is 1.14 bits per heavy atom. The van der Waals surface area contributed by atoms with Gasteiger partial charge in [-0.2, -0.15) is 0 Å². The summed E-state index contributed by atoms with van der Waals surface area (Å²) in [7, 11) is 4.03. The number of likely N-dealkylation sites (N-methyl/N-ethyl adjacent to an activating group) is 1. The molecule has 0 spiro atoms. The van der Waals surface area contributed by atoms with E-state index in [-0.39, 0.29) is 17.6 Å². The van der Waals surface area contributed by atoms with Gasteiger partial charge in [-0.3, -0.25) is 0 Å². The number of carbonyl (C=O) groups excluding carboxylic acids is 1. The molecule has 12 nitrogen and oxygen atoms in total. The highest BCUT2D eigenvalue weighted by atomic mass is 32.2. The van der Waals surface area contributed by atoms with Gasteiger partial charge in [-0.05, 0) is 69.1 Å². The molecular weight excluding hydrogens is 496 g/mol. The Labute approximate surface area is 219 Å². The Morgan fingerprint density at radius 3 is 2.46 bits per heavy atom. The van der Waals surface area contributed by atoms with E-state index in [1.54, 1.807) is 28.8 Å². The molecule has 0 atom stereocenters. The van der Waals surface area contributed by atoms with Crippen LogP contribution in [0.2, 0.25) is 0 Å². The average molecular weight is 529 g/mol. The van der Waals surface area contributed by atoms with Gasteiger partial charge in [-0.15, -0.1) is 5.10 Å². The fraction of sp³-hybridized carbons (Fsp3) is 0.542. The van der Waals surface area contributed by atoms with Crippen LogP contribution in [0.1, 0.15) is 36.8 Å². The first-order valence-corrected chi connectivity index (χ1v) is 13.4. The van der Waals surface area contributed by atoms with Gasteiger partial charge in [-0.25, -0.2) is 19.0 Å². The molecule has 0 saturated carbocycles. The van der Waals surface area contributed by atoms with Gasteiger partial charge in [0.05, 0.1) is 18.4 Å². The van der Waals surface area contributed by atoms with Crippen molar-refractivity contribution < 1.29 is 19.7 Å². The number of hydrogen-bond donors (Lipinski definition) is 2. The van der Waals surface area contributed by atoms with Crippen molar-refractivity contribution >= 4 is 17.9 Å². The van der Waals surface area contributed by atoms with Crippen molar-refractivity contribution in [2.45, 2.75) is 55.5 Å². The number of aromatic hydroxyl groups is 2. The lowest BCUT2D eigenvalue weighted by atomic mass is 9.95. The quantitative estimate of drug-likeness (QED) is 0.471. The van der Waals surface area contributed by atoms with Crippen molar-refractivity contribution in [1.82, 2.24) is 39.6 Å². The molecule has 0 aromatic carbocycles. The third-order valence-corrected chi connectivity index (χ3v) is 8.14. The van der Waals surface area contributed by atoms with E-state index in [4.69, 9.17) is 4.74 Å². The molecular formula is C24H32N8O4S. The van der Waals surface area contributed by atoms with Gasteiger partial charge in [0.1, 0.15) is 0 Å². The monoisotopic (exact) mass is 528 g/mol. The number of amides is 1. The van der Waals surface area contributed by atoms with Gasteiger partial charge < -0.3 is 24.7 Å². The Bertz CT molecular complexity index is 1200. The van der Waals surface area contributed by atoms with Crippen molar-refractivity contribution in [3.8, 4) is 23.3 Å². The van der Waals surface area contributed by atoms with Crippen LogP contribution in [0.25, 0.3) is 5.69 Å². The van der Waals surface area contributed by atoms with Gasteiger partial charge in [0.25, 0.3) is 0 Å². The second kappa shape index (κ2) is 11.0. The maximum Gasteiger partial charge on any atom is 0.416 e. The fourth-order valence-electron chi connectivity index (χ4n) is 4.75. The lowest BCUT2D eigenvalue weighted by Gasteiger charge is -2.30. The molecule has 0 unspecified atom stereocenters. The van der Waals surface area contributed by atoms with Crippen molar-refractivity contribution in [2.24, 2.45) is 0 Å². The van der Waals surface area contributed by atoms with Gasteiger partial charge in [0.2, 0.25) is 22.8 Å². The standard InChI is InChI=1S/C24H32N8O4S/c1-29(2)13-14-31-23(26-27-28-31)37-17-9-11-30(12-10-17)24(35)36-20-8-7-16(15-25-20)32-21(33)18-5-3-4-6-19(18)22(32)34/h7-8,15,17,33-34H,3-6,9-14H2,1-2H3. The Morgan fingerprint density at radius 2 is 1.84 bits per heavy atom. The molecule has 1 saturated heterocycles. The topological polar surface area (TPSA) is 135 Å². The van der Waals surface area contributed by atoms with Gasteiger partial charge in [0, 0.05) is 42.1 Å². The summed E-state index contributed by atoms with van der Waals surface area (Å²) in [6.07, 6.45) is 6.12. The van der Waals surface area contributed by atoms with E-state index in [1.807, 2.05) is 18.8 Å². The number of likely N-dealkylation sites (tertiary alicyclic amines) is 1. The van der Waals surface area contributed by atoms with E-state index < -0.39 is 6.09 Å². The minimum Gasteiger partial charge on any atom is -0.494 e. The number of nitrogens with zero attached hydrogens (tertiary/aromatic N) is 8. The molecule has 1 aliphatic carbocycles. The number of tetrazole rings is 1. The van der Waals surface area contributed by atoms with Crippen LogP contribution in [0, 0.1) is 0 Å². The number of aromatic nitrogens is 6. The fourth-order valence-corrected chi connectivity index (χ4v) is 5.83. The summed E-state index contributed by atoms with van der Waals surface area (Å²) in [5.74, 6) is 0.263. The minimum absolute atomic E-state index is 0.0474. The first kappa shape index (κ1) is 25.3. The Balaban J connectivity index is 1.15. The molecule has 3 aromatic heterocycles. The van der Waals surface area contributed by atoms with Crippen LogP contribution >= 0.6 is 11.8 Å². The van der Waals surface area contributed by atoms with E-state index in [9.17, 15) is 15.0 Å². The lowest BCUT2D eigenvalue weighted by Crippen LogP contribution is -2.41. The van der Waals surface area contributed by atoms with Gasteiger partial charge in [0.15, 0.2) is 0 Å². The normalized spacial score (nSPS) is 16.2. The molecule has 2 aliphatic rings. The molecule has 13 heteroatoms. The molecule has 1 fully saturated rings. The lowest BCUT2D eigenvalue weighted by molar-refractivity contribution is 0.142. The van der Waals surface area contributed by atoms with Gasteiger partial charge in [-0.1, -0.05) is 11.8 Å². The van der Waals surface area contributed by atoms with Crippen molar-refractivity contribution in [1.29, 1.82) is 0 Å². The Kier molecular flexibility index (Phi) is 7.51. The number of ether oxygens (including phenoxy) is 1. The minimum atomic E-state index is -0.443. The molecule has 1 amide bonds. The first-order chi connectivity index (χ1) is 17.9. The van der Waals surface area contributed by atoms with E-state index in [0.29, 0.717) is 24.0 Å². The largest absolute Gasteiger partial charge is 0.494 e. The molecule has 0 bridgehead atoms. The van der Waals surface area contributed by atoms with E-state index in [2.05, 4.69) is 25.4 Å². The van der Waals surface area contributed by atoms with Crippen LogP contribution in [0.5, 0.6) is 17.6 Å². The van der Waals surface area contributed by atoms with Crippen LogP contribution in [0.15, 0.2) is 23.5 Å². The van der Waals surface area contributed by atoms with Crippen molar-refractivity contribution in [3.05, 3.63) is 29.5 Å². The third-order valence-electron chi connectivity index (χ3n) is 6.83. The second-order valence-electron chi connectivity index (χ2n) is 9.66. The summed E-state index contributed by atoms with van der Waals surface area (Å²) in [6.45, 7) is 2.73. The van der Waals surface area contributed by atoms with Crippen LogP contribution in [-0.2, 0) is 19.4 Å². The number of rotatable bonds is 7. The Hall–Kier alpha value is -3.32. The molecule has 37 heavy (non-hydrogen) atoms. The summed E-state index contributed by atoms with van der Waals surface area (Å²) in [6, 6.07) is 3.24. The number of pyridine rings is 1. The van der Waals surface area contributed by atoms with Crippen LogP contribution in [-0.4, -0.2) is 94.8 Å². The molecule has 4 heterocycles. The number of hydrogen-bond acceptors (Lipinski definition) is 10. The maximum atomic E-state index is 12.7. The highest BCUT2D eigenvalue weighted by molar-refractivity contribution is 7.99. The number of thioether (sulfide) groups is 1. The molecule has 3 aromatic rings. The van der Waals surface area contributed by atoms with E-state index >= 15 is 0 Å². The third kappa shape index (κ3) is 5.52. The first-order valence-electron chi connectivity index (χ1n) is 12.6. The molecule has 198 valence electrons. The number of piperidine rings is 1. The molecule has 1 aliphatic heterocycles. The van der Waals surface area contributed by atoms with E-state index in [1.165, 1.54) is 10.8 Å². The van der Waals surface area contributed by atoms with E-state index in [0.717, 1.165) is 67.9 Å². The zero-order chi connectivity index (χ0) is 25.9. The predicted octanol–water partition coefficient (Wildman–Crippen LogP) is 2.47. The summed E-state index contributed by atoms with van der Waals surface area (Å²) >= 11 is 1.65. The van der Waals surface area contributed by atoms with Crippen molar-refractivity contribution in [3.63, 3.8) is 0 Å². The maximum absolute atomic E-state index is 12.7. The summed E-state index contributed by atoms with van der Waals surface area (Å²) in [5.41, 5.74) is 2.10. The van der Waals surface area contributed by atoms with Crippen LogP contribution in [0.4, 0.5) is 4.79 Å². The number of carbonyl (C=O) groups is 1. The zero-order valence-corrected chi connectivity index (χ0v) is 21.9. The van der Waals surface area contributed by atoms with Crippen molar-refractivity contribution in [2.75, 3.05) is 33.7 Å². The molecule has 2 N–H and O–H groups in total. The highest BCUT2D eigenvalue weighted by Gasteiger charge is 2.28.